The number of thioether (sulfide) groups is 1. The highest BCUT2D eigenvalue weighted by molar-refractivity contribution is 8.00. The number of aliphatic hydroxyl groups is 1. The molecule has 28 N–H and O–H groups in total. The quantitative estimate of drug-likeness (QED) is 0.0128. The number of aliphatic hydroxyl groups excluding tert-OH is 1. The fraction of sp³-hybridized carbons (Fsp3) is 0.553. The summed E-state index contributed by atoms with van der Waals surface area (Å²) in [5, 5.41) is 64.6. The fourth-order valence-electron chi connectivity index (χ4n) is 14.4. The van der Waals surface area contributed by atoms with Gasteiger partial charge < -0.3 is 132 Å². The number of imidazole rings is 1. The van der Waals surface area contributed by atoms with Gasteiger partial charge in [0.15, 0.2) is 11.9 Å². The summed E-state index contributed by atoms with van der Waals surface area (Å²) >= 11 is 0.821. The van der Waals surface area contributed by atoms with Gasteiger partial charge in [-0.2, -0.15) is 0 Å². The molecule has 0 saturated carbocycles. The van der Waals surface area contributed by atoms with Gasteiger partial charge in [-0.25, -0.2) is 4.98 Å². The third-order valence-corrected chi connectivity index (χ3v) is 22.9. The molecular formula is C85H129N27O18S. The van der Waals surface area contributed by atoms with E-state index in [2.05, 4.69) is 94.4 Å². The molecule has 0 radical (unpaired) electrons. The van der Waals surface area contributed by atoms with Crippen molar-refractivity contribution in [2.24, 2.45) is 28.9 Å². The van der Waals surface area contributed by atoms with Crippen LogP contribution in [-0.2, 0) is 101 Å². The summed E-state index contributed by atoms with van der Waals surface area (Å²) in [6.07, 6.45) is 5.81. The van der Waals surface area contributed by atoms with E-state index in [0.717, 1.165) is 16.7 Å². The molecule has 6 rings (SSSR count). The number of unbranched alkanes of at least 4 members (excludes halogenated alkanes) is 2. The SMILES string of the molecule is CCCC[C@H]1C(=O)N(C)[C@@H](CCCC)C(=O)N[C@@H](CC(C)C)C(=O)N[C@H](C(=O)NCC(N)=O)CSCC(=O)NCC(=O)N(C)[C@@H](C)C(=O)N[C@@H](CC(N)=O)C(=O)NCCCCC(=O)N[C@@H](Cc2cnc[nH]2)C(=O)N[C@@H](CCCNC(=N)N)C(=O)N[C@@H](CO)C(=O)N[C@@H](Cc2c[nH]c3ccccc23)C(=O)N[C@@H](CCCNC(=N)N)C(=O)N[C@@H](Cc2c[nH]c3ccccc23)C(=O)N1C. The van der Waals surface area contributed by atoms with Gasteiger partial charge in [0.05, 0.1) is 38.2 Å². The predicted octanol–water partition coefficient (Wildman–Crippen LogP) is -4.16. The topological polar surface area (TPSA) is 701 Å². The van der Waals surface area contributed by atoms with Crippen molar-refractivity contribution in [3.8, 4) is 0 Å². The van der Waals surface area contributed by atoms with Crippen molar-refractivity contribution >= 4 is 146 Å². The Labute approximate surface area is 762 Å². The Kier molecular flexibility index (Phi) is 44.0. The highest BCUT2D eigenvalue weighted by Gasteiger charge is 2.41. The van der Waals surface area contributed by atoms with Gasteiger partial charge in [-0.1, -0.05) is 89.8 Å². The number of amides is 17. The number of hydrogen-bond donors (Lipinski definition) is 24. The number of para-hydroxylation sites is 2. The number of rotatable bonds is 28. The average Bonchev–Trinajstić information content (AvgIpc) is 1.77. The van der Waals surface area contributed by atoms with Crippen LogP contribution < -0.4 is 97.4 Å². The highest BCUT2D eigenvalue weighted by Crippen LogP contribution is 2.25. The van der Waals surface area contributed by atoms with Crippen LogP contribution >= 0.6 is 11.8 Å². The maximum atomic E-state index is 15.9. The zero-order valence-corrected chi connectivity index (χ0v) is 76.0. The summed E-state index contributed by atoms with van der Waals surface area (Å²) in [6.45, 7) is 5.94. The Hall–Kier alpha value is -13.4. The lowest BCUT2D eigenvalue weighted by atomic mass is 9.99. The number of aromatic nitrogens is 4. The minimum atomic E-state index is -1.89. The molecule has 46 heteroatoms. The molecule has 12 atom stereocenters. The van der Waals surface area contributed by atoms with E-state index >= 15 is 24.0 Å². The minimum Gasteiger partial charge on any atom is -0.394 e. The van der Waals surface area contributed by atoms with E-state index in [1.807, 2.05) is 13.8 Å². The van der Waals surface area contributed by atoms with E-state index in [1.165, 1.54) is 50.4 Å². The molecule has 17 amide bonds. The second kappa shape index (κ2) is 54.1. The first-order valence-corrected chi connectivity index (χ1v) is 44.8. The Morgan fingerprint density at radius 3 is 1.57 bits per heavy atom. The summed E-state index contributed by atoms with van der Waals surface area (Å²) in [4.78, 5) is 259. The van der Waals surface area contributed by atoms with Gasteiger partial charge >= 0.3 is 0 Å². The molecule has 0 aliphatic carbocycles. The standard InChI is InChI=1S/C85H129N27O18S/c1-9-11-27-65-81(128)106-58(33-47(3)4)77(124)109-64(74(121)99-41-68(87)115)44-131-45-70(117)98-42-71(118)110(6)48(5)72(119)104-61(37-67(86)114)73(120)93-30-18-17-29-69(116)101-60(36-51-40-92-46-100-51)79(126)103-57(26-20-32-95-85(90)91)76(123)108-63(43-113)80(127)105-59(34-49-38-96-54-23-15-13-21-52(49)54)78(125)102-56(25-19-31-94-84(88)89)75(122)107-62(35-50-39-97-55-24-16-14-22-53(50)55)82(129)112(8)66(28-12-10-2)83(130)111(65)7/h13-16,21-24,38-40,46-48,56-66,96-97,113H,9-12,17-20,25-37,41-45H2,1-8H3,(H2,86,114)(H2,87,115)(H,92,100)(H,93,120)(H,98,117)(H,99,121)(H,101,116)(H,102,125)(H,103,126)(H,104,119)(H,105,127)(H,106,128)(H,107,122)(H,108,123)(H,109,124)(H4,88,89,94)(H4,90,91,95)/t48-,56-,57-,58-,59-,60-,61-,62-,63-,64-,65-,66-/m0/s1. The van der Waals surface area contributed by atoms with Crippen molar-refractivity contribution in [2.45, 2.75) is 223 Å². The monoisotopic (exact) mass is 1850 g/mol. The van der Waals surface area contributed by atoms with E-state index in [1.54, 1.807) is 74.8 Å². The Balaban J connectivity index is 1.43. The lowest BCUT2D eigenvalue weighted by Crippen LogP contribution is -2.61. The number of fused-ring (bicyclic) bond motifs is 2. The third-order valence-electron chi connectivity index (χ3n) is 21.9. The van der Waals surface area contributed by atoms with Crippen molar-refractivity contribution in [1.82, 2.24) is 109 Å². The number of primary amides is 2. The molecule has 1 saturated heterocycles. The Bertz CT molecular complexity index is 4770. The number of nitrogens with one attached hydrogen (secondary N) is 19. The molecule has 1 aliphatic heterocycles. The zero-order chi connectivity index (χ0) is 96.6. The summed E-state index contributed by atoms with van der Waals surface area (Å²) < 4.78 is 0. The van der Waals surface area contributed by atoms with Gasteiger partial charge in [0, 0.05) is 118 Å². The molecule has 131 heavy (non-hydrogen) atoms. The van der Waals surface area contributed by atoms with Gasteiger partial charge in [0.25, 0.3) is 0 Å². The Morgan fingerprint density at radius 1 is 0.527 bits per heavy atom. The van der Waals surface area contributed by atoms with Gasteiger partial charge in [-0.05, 0) is 93.9 Å². The number of likely N-dealkylation sites (N-methyl/N-ethyl adjacent to an activating group) is 3. The van der Waals surface area contributed by atoms with Crippen LogP contribution in [0.3, 0.4) is 0 Å². The van der Waals surface area contributed by atoms with Gasteiger partial charge in [-0.3, -0.25) is 92.3 Å². The third kappa shape index (κ3) is 34.8. The normalized spacial score (nSPS) is 22.7. The van der Waals surface area contributed by atoms with Crippen LogP contribution in [0.4, 0.5) is 0 Å². The van der Waals surface area contributed by atoms with Crippen LogP contribution in [0, 0.1) is 16.7 Å². The number of nitrogens with two attached hydrogens (primary N) is 4. The van der Waals surface area contributed by atoms with E-state index in [-0.39, 0.29) is 115 Å². The van der Waals surface area contributed by atoms with Crippen molar-refractivity contribution in [3.63, 3.8) is 0 Å². The van der Waals surface area contributed by atoms with Crippen LogP contribution in [0.5, 0.6) is 0 Å². The number of carbonyl (C=O) groups excluding carboxylic acids is 17. The molecule has 3 aromatic heterocycles. The van der Waals surface area contributed by atoms with Crippen molar-refractivity contribution in [3.05, 3.63) is 90.3 Å². The first kappa shape index (κ1) is 106. The first-order valence-electron chi connectivity index (χ1n) is 43.7. The number of nitrogens with zero attached hydrogens (tertiary/aromatic N) is 4. The van der Waals surface area contributed by atoms with Crippen molar-refractivity contribution < 1.29 is 86.6 Å². The average molecular weight is 1850 g/mol. The molecule has 0 unspecified atom stereocenters. The number of carbonyl (C=O) groups is 17. The number of benzene rings is 2. The van der Waals surface area contributed by atoms with E-state index in [0.29, 0.717) is 64.3 Å². The smallest absolute Gasteiger partial charge is 0.245 e. The van der Waals surface area contributed by atoms with Crippen LogP contribution in [-0.4, -0.2) is 297 Å². The predicted molar refractivity (Wildman–Crippen MR) is 486 cm³/mol. The van der Waals surface area contributed by atoms with E-state index in [9.17, 15) is 62.6 Å². The molecule has 2 aromatic carbocycles. The van der Waals surface area contributed by atoms with E-state index in [4.69, 9.17) is 33.8 Å². The largest absolute Gasteiger partial charge is 0.394 e. The van der Waals surface area contributed by atoms with Gasteiger partial charge in [-0.15, -0.1) is 11.8 Å². The van der Waals surface area contributed by atoms with Crippen LogP contribution in [0.25, 0.3) is 21.8 Å². The van der Waals surface area contributed by atoms with Gasteiger partial charge in [0.2, 0.25) is 100 Å². The summed E-state index contributed by atoms with van der Waals surface area (Å²) in [5.41, 5.74) is 24.8. The second-order valence-electron chi connectivity index (χ2n) is 32.6. The molecular weight excluding hydrogens is 1720 g/mol. The van der Waals surface area contributed by atoms with E-state index < -0.39 is 217 Å². The second-order valence-corrected chi connectivity index (χ2v) is 33.6. The van der Waals surface area contributed by atoms with Crippen LogP contribution in [0.2, 0.25) is 0 Å². The lowest BCUT2D eigenvalue weighted by molar-refractivity contribution is -0.149. The maximum absolute atomic E-state index is 15.9. The molecule has 5 aromatic rings. The number of aromatic amines is 3. The number of guanidine groups is 2. The number of H-pyrrole nitrogens is 3. The molecule has 0 bridgehead atoms. The molecule has 1 aliphatic rings. The number of hydrogen-bond acceptors (Lipinski definition) is 22. The summed E-state index contributed by atoms with van der Waals surface area (Å²) in [6, 6.07) is -4.02. The Morgan fingerprint density at radius 2 is 1.03 bits per heavy atom. The molecule has 4 heterocycles. The molecule has 45 nitrogen and oxygen atoms in total. The summed E-state index contributed by atoms with van der Waals surface area (Å²) in [7, 11) is 3.99. The maximum Gasteiger partial charge on any atom is 0.245 e. The molecule has 718 valence electrons. The van der Waals surface area contributed by atoms with Crippen LogP contribution in [0.15, 0.2) is 73.4 Å². The fourth-order valence-corrected chi connectivity index (χ4v) is 15.3. The van der Waals surface area contributed by atoms with Crippen LogP contribution in [0.1, 0.15) is 148 Å². The highest BCUT2D eigenvalue weighted by atomic mass is 32.2. The summed E-state index contributed by atoms with van der Waals surface area (Å²) in [5.74, 6) is -17.1. The molecule has 0 spiro atoms. The van der Waals surface area contributed by atoms with Crippen molar-refractivity contribution in [2.75, 3.05) is 72.0 Å². The molecule has 1 fully saturated rings. The minimum absolute atomic E-state index is 0.00607. The van der Waals surface area contributed by atoms with Gasteiger partial charge in [0.1, 0.15) is 72.5 Å². The van der Waals surface area contributed by atoms with Crippen molar-refractivity contribution in [1.29, 1.82) is 10.8 Å². The lowest BCUT2D eigenvalue weighted by Gasteiger charge is -2.36. The zero-order valence-electron chi connectivity index (χ0n) is 75.2. The first-order chi connectivity index (χ1) is 62.3.